The van der Waals surface area contributed by atoms with E-state index in [1.807, 2.05) is 30.3 Å². The van der Waals surface area contributed by atoms with Gasteiger partial charge in [0.05, 0.1) is 12.2 Å². The standard InChI is InChI=1S/C18H27N3OS.ClH/c1-4-11-23-15-8-6-5-7-14(15)20-17(22)12-21-10-9-16(19)18(2,3)13-21;/h4-8,16H,1,9-13,19H2,2-3H3,(H,20,22);1H. The summed E-state index contributed by atoms with van der Waals surface area (Å²) in [6.45, 7) is 10.2. The number of benzene rings is 1. The van der Waals surface area contributed by atoms with E-state index in [1.165, 1.54) is 0 Å². The zero-order valence-corrected chi connectivity index (χ0v) is 16.1. The second kappa shape index (κ2) is 9.47. The van der Waals surface area contributed by atoms with Crippen molar-refractivity contribution in [2.45, 2.75) is 31.2 Å². The molecular formula is C18H28ClN3OS. The molecule has 0 radical (unpaired) electrons. The molecule has 1 atom stereocenters. The molecule has 0 spiro atoms. The third-order valence-electron chi connectivity index (χ3n) is 4.28. The zero-order valence-electron chi connectivity index (χ0n) is 14.5. The number of hydrogen-bond donors (Lipinski definition) is 2. The van der Waals surface area contributed by atoms with E-state index in [0.717, 1.165) is 35.8 Å². The summed E-state index contributed by atoms with van der Waals surface area (Å²) < 4.78 is 0. The topological polar surface area (TPSA) is 58.4 Å². The maximum Gasteiger partial charge on any atom is 0.238 e. The van der Waals surface area contributed by atoms with Crippen LogP contribution in [-0.2, 0) is 4.79 Å². The number of amides is 1. The van der Waals surface area contributed by atoms with Crippen molar-refractivity contribution < 1.29 is 4.79 Å². The fourth-order valence-corrected chi connectivity index (χ4v) is 3.60. The molecule has 1 aliphatic heterocycles. The molecule has 134 valence electrons. The summed E-state index contributed by atoms with van der Waals surface area (Å²) in [5.41, 5.74) is 7.08. The number of carbonyl (C=O) groups is 1. The maximum absolute atomic E-state index is 12.4. The van der Waals surface area contributed by atoms with Gasteiger partial charge in [0.15, 0.2) is 0 Å². The highest BCUT2D eigenvalue weighted by Crippen LogP contribution is 2.28. The van der Waals surface area contributed by atoms with E-state index in [2.05, 4.69) is 30.6 Å². The van der Waals surface area contributed by atoms with E-state index >= 15 is 0 Å². The van der Waals surface area contributed by atoms with Gasteiger partial charge in [-0.05, 0) is 24.0 Å². The Morgan fingerprint density at radius 3 is 2.88 bits per heavy atom. The van der Waals surface area contributed by atoms with E-state index in [9.17, 15) is 4.79 Å². The number of nitrogens with one attached hydrogen (secondary N) is 1. The van der Waals surface area contributed by atoms with E-state index in [0.29, 0.717) is 6.54 Å². The lowest BCUT2D eigenvalue weighted by Gasteiger charge is -2.42. The molecule has 1 heterocycles. The van der Waals surface area contributed by atoms with Crippen molar-refractivity contribution in [3.05, 3.63) is 36.9 Å². The Balaban J connectivity index is 0.00000288. The Hall–Kier alpha value is -1.01. The summed E-state index contributed by atoms with van der Waals surface area (Å²) in [4.78, 5) is 15.6. The lowest BCUT2D eigenvalue weighted by molar-refractivity contribution is -0.118. The van der Waals surface area contributed by atoms with Crippen molar-refractivity contribution in [3.63, 3.8) is 0 Å². The molecule has 4 nitrogen and oxygen atoms in total. The monoisotopic (exact) mass is 369 g/mol. The minimum Gasteiger partial charge on any atom is -0.327 e. The van der Waals surface area contributed by atoms with Crippen LogP contribution in [0.3, 0.4) is 0 Å². The van der Waals surface area contributed by atoms with Crippen molar-refractivity contribution >= 4 is 35.8 Å². The molecule has 0 aromatic heterocycles. The van der Waals surface area contributed by atoms with Crippen molar-refractivity contribution in [1.82, 2.24) is 4.90 Å². The van der Waals surface area contributed by atoms with Gasteiger partial charge in [-0.15, -0.1) is 30.7 Å². The number of nitrogens with two attached hydrogens (primary N) is 1. The van der Waals surface area contributed by atoms with Crippen LogP contribution in [-0.4, -0.2) is 42.2 Å². The third kappa shape index (κ3) is 5.81. The van der Waals surface area contributed by atoms with Gasteiger partial charge in [-0.3, -0.25) is 9.69 Å². The van der Waals surface area contributed by atoms with Gasteiger partial charge in [-0.2, -0.15) is 0 Å². The van der Waals surface area contributed by atoms with Crippen LogP contribution < -0.4 is 11.1 Å². The second-order valence-corrected chi connectivity index (χ2v) is 7.80. The first-order chi connectivity index (χ1) is 10.9. The van der Waals surface area contributed by atoms with Crippen LogP contribution in [0.2, 0.25) is 0 Å². The van der Waals surface area contributed by atoms with Crippen molar-refractivity contribution in [1.29, 1.82) is 0 Å². The average molecular weight is 370 g/mol. The van der Waals surface area contributed by atoms with Crippen molar-refractivity contribution in [2.75, 3.05) is 30.7 Å². The first-order valence-electron chi connectivity index (χ1n) is 8.03. The molecule has 1 unspecified atom stereocenters. The lowest BCUT2D eigenvalue weighted by Crippen LogP contribution is -2.53. The van der Waals surface area contributed by atoms with Gasteiger partial charge < -0.3 is 11.1 Å². The molecule has 1 amide bonds. The summed E-state index contributed by atoms with van der Waals surface area (Å²) in [5, 5.41) is 3.04. The van der Waals surface area contributed by atoms with Crippen molar-refractivity contribution in [2.24, 2.45) is 11.1 Å². The molecule has 2 rings (SSSR count). The molecule has 0 bridgehead atoms. The number of thioether (sulfide) groups is 1. The first kappa shape index (κ1) is 21.0. The molecule has 0 saturated carbocycles. The van der Waals surface area contributed by atoms with Gasteiger partial charge in [0, 0.05) is 29.8 Å². The van der Waals surface area contributed by atoms with Gasteiger partial charge >= 0.3 is 0 Å². The van der Waals surface area contributed by atoms with E-state index < -0.39 is 0 Å². The summed E-state index contributed by atoms with van der Waals surface area (Å²) >= 11 is 1.67. The predicted octanol–water partition coefficient (Wildman–Crippen LogP) is 3.38. The molecule has 1 fully saturated rings. The molecule has 6 heteroatoms. The van der Waals surface area contributed by atoms with Crippen LogP contribution in [0.4, 0.5) is 5.69 Å². The predicted molar refractivity (Wildman–Crippen MR) is 106 cm³/mol. The van der Waals surface area contributed by atoms with Crippen LogP contribution in [0.15, 0.2) is 41.8 Å². The number of anilines is 1. The molecule has 1 saturated heterocycles. The number of piperidine rings is 1. The van der Waals surface area contributed by atoms with Crippen molar-refractivity contribution in [3.8, 4) is 0 Å². The second-order valence-electron chi connectivity index (χ2n) is 6.74. The highest BCUT2D eigenvalue weighted by molar-refractivity contribution is 7.99. The zero-order chi connectivity index (χ0) is 16.9. The Morgan fingerprint density at radius 1 is 1.50 bits per heavy atom. The first-order valence-corrected chi connectivity index (χ1v) is 9.01. The quantitative estimate of drug-likeness (QED) is 0.596. The Labute approximate surface area is 155 Å². The van der Waals surface area contributed by atoms with Gasteiger partial charge in [0.1, 0.15) is 0 Å². The van der Waals surface area contributed by atoms with Crippen LogP contribution >= 0.6 is 24.2 Å². The number of para-hydroxylation sites is 1. The Morgan fingerprint density at radius 2 is 2.21 bits per heavy atom. The molecule has 1 aromatic carbocycles. The Bertz CT molecular complexity index is 565. The van der Waals surface area contributed by atoms with Crippen LogP contribution in [0.25, 0.3) is 0 Å². The van der Waals surface area contributed by atoms with Crippen LogP contribution in [0.5, 0.6) is 0 Å². The fourth-order valence-electron chi connectivity index (χ4n) is 2.86. The minimum atomic E-state index is 0. The lowest BCUT2D eigenvalue weighted by atomic mass is 9.80. The van der Waals surface area contributed by atoms with E-state index in [1.54, 1.807) is 11.8 Å². The largest absolute Gasteiger partial charge is 0.327 e. The SMILES string of the molecule is C=CCSc1ccccc1NC(=O)CN1CCC(N)C(C)(C)C1.Cl. The summed E-state index contributed by atoms with van der Waals surface area (Å²) in [6.07, 6.45) is 2.80. The Kier molecular flexibility index (Phi) is 8.30. The molecule has 24 heavy (non-hydrogen) atoms. The smallest absolute Gasteiger partial charge is 0.238 e. The molecule has 0 aliphatic carbocycles. The highest BCUT2D eigenvalue weighted by atomic mass is 35.5. The number of nitrogens with zero attached hydrogens (tertiary/aromatic N) is 1. The van der Waals surface area contributed by atoms with Gasteiger partial charge in [-0.1, -0.05) is 32.1 Å². The summed E-state index contributed by atoms with van der Waals surface area (Å²) in [7, 11) is 0. The van der Waals surface area contributed by atoms with Crippen LogP contribution in [0.1, 0.15) is 20.3 Å². The number of halogens is 1. The number of hydrogen-bond acceptors (Lipinski definition) is 4. The molecular weight excluding hydrogens is 342 g/mol. The van der Waals surface area contributed by atoms with E-state index in [-0.39, 0.29) is 29.8 Å². The summed E-state index contributed by atoms with van der Waals surface area (Å²) in [6, 6.07) is 8.09. The van der Waals surface area contributed by atoms with Gasteiger partial charge in [-0.25, -0.2) is 0 Å². The number of likely N-dealkylation sites (tertiary alicyclic amines) is 1. The van der Waals surface area contributed by atoms with E-state index in [4.69, 9.17) is 5.73 Å². The van der Waals surface area contributed by atoms with Gasteiger partial charge in [0.2, 0.25) is 5.91 Å². The van der Waals surface area contributed by atoms with Gasteiger partial charge in [0.25, 0.3) is 0 Å². The minimum absolute atomic E-state index is 0. The average Bonchev–Trinajstić information content (AvgIpc) is 2.50. The fraction of sp³-hybridized carbons (Fsp3) is 0.500. The maximum atomic E-state index is 12.4. The molecule has 1 aliphatic rings. The van der Waals surface area contributed by atoms with Crippen LogP contribution in [0, 0.1) is 5.41 Å². The highest BCUT2D eigenvalue weighted by Gasteiger charge is 2.33. The number of carbonyl (C=O) groups excluding carboxylic acids is 1. The summed E-state index contributed by atoms with van der Waals surface area (Å²) in [5.74, 6) is 0.855. The third-order valence-corrected chi connectivity index (χ3v) is 5.35. The molecule has 3 N–H and O–H groups in total. The normalized spacial score (nSPS) is 20.0. The number of rotatable bonds is 6. The molecule has 1 aromatic rings.